The van der Waals surface area contributed by atoms with Crippen LogP contribution < -0.4 is 0 Å². The van der Waals surface area contributed by atoms with E-state index in [9.17, 15) is 0 Å². The summed E-state index contributed by atoms with van der Waals surface area (Å²) >= 11 is 5.84. The fraction of sp³-hybridized carbons (Fsp3) is 0.125. The molecule has 0 bridgehead atoms. The molecule has 0 saturated carbocycles. The molecular formula is C8H5ClN4O. The molecule has 0 atom stereocenters. The Balaban J connectivity index is 2.67. The van der Waals surface area contributed by atoms with Gasteiger partial charge in [0.15, 0.2) is 5.65 Å². The highest BCUT2D eigenvalue weighted by Crippen LogP contribution is 2.19. The molecule has 0 unspecified atom stereocenters. The number of aromatic amines is 1. The van der Waals surface area contributed by atoms with E-state index >= 15 is 0 Å². The topological polar surface area (TPSA) is 74.7 Å². The lowest BCUT2D eigenvalue weighted by Gasteiger charge is -1.89. The van der Waals surface area contributed by atoms with Gasteiger partial charge in [0.2, 0.25) is 0 Å². The van der Waals surface area contributed by atoms with E-state index in [1.54, 1.807) is 0 Å². The van der Waals surface area contributed by atoms with Gasteiger partial charge in [0.25, 0.3) is 0 Å². The minimum absolute atomic E-state index is 0.216. The van der Waals surface area contributed by atoms with Crippen molar-refractivity contribution in [3.05, 3.63) is 17.2 Å². The molecule has 6 heteroatoms. The molecule has 5 nitrogen and oxygen atoms in total. The molecule has 2 rings (SSSR count). The van der Waals surface area contributed by atoms with Gasteiger partial charge < -0.3 is 5.11 Å². The molecule has 2 aromatic heterocycles. The number of aliphatic hydroxyl groups is 1. The van der Waals surface area contributed by atoms with E-state index in [1.165, 1.54) is 6.33 Å². The Kier molecular flexibility index (Phi) is 2.31. The van der Waals surface area contributed by atoms with Crippen LogP contribution in [0.25, 0.3) is 11.0 Å². The molecule has 0 aliphatic heterocycles. The summed E-state index contributed by atoms with van der Waals surface area (Å²) in [5.74, 6) is 5.17. The first-order valence-corrected chi connectivity index (χ1v) is 4.15. The second-order valence-corrected chi connectivity index (χ2v) is 2.78. The Hall–Kier alpha value is -1.64. The highest BCUT2D eigenvalue weighted by atomic mass is 35.5. The van der Waals surface area contributed by atoms with Gasteiger partial charge in [0.05, 0.1) is 5.39 Å². The van der Waals surface area contributed by atoms with E-state index in [2.05, 4.69) is 32.0 Å². The maximum absolute atomic E-state index is 8.53. The van der Waals surface area contributed by atoms with Gasteiger partial charge in [-0.2, -0.15) is 5.10 Å². The molecule has 14 heavy (non-hydrogen) atoms. The molecule has 0 saturated heterocycles. The summed E-state index contributed by atoms with van der Waals surface area (Å²) in [6.45, 7) is -0.216. The first kappa shape index (κ1) is 8.94. The Morgan fingerprint density at radius 3 is 3.14 bits per heavy atom. The number of nitrogens with zero attached hydrogens (tertiary/aromatic N) is 3. The first-order chi connectivity index (χ1) is 6.83. The zero-order chi connectivity index (χ0) is 9.97. The predicted octanol–water partition coefficient (Wildman–Crippen LogP) is 0.350. The second-order valence-electron chi connectivity index (χ2n) is 2.42. The Morgan fingerprint density at radius 1 is 1.50 bits per heavy atom. The van der Waals surface area contributed by atoms with Gasteiger partial charge >= 0.3 is 0 Å². The Morgan fingerprint density at radius 2 is 2.36 bits per heavy atom. The van der Waals surface area contributed by atoms with E-state index in [0.29, 0.717) is 21.9 Å². The van der Waals surface area contributed by atoms with Crippen molar-refractivity contribution in [2.45, 2.75) is 0 Å². The molecule has 0 aliphatic carbocycles. The fourth-order valence-electron chi connectivity index (χ4n) is 1.04. The SMILES string of the molecule is OCC#Cc1[nH]nc2ncnc(Cl)c12. The lowest BCUT2D eigenvalue weighted by Crippen LogP contribution is -1.82. The van der Waals surface area contributed by atoms with Crippen molar-refractivity contribution in [3.63, 3.8) is 0 Å². The summed E-state index contributed by atoms with van der Waals surface area (Å²) < 4.78 is 0. The summed E-state index contributed by atoms with van der Waals surface area (Å²) in [7, 11) is 0. The third kappa shape index (κ3) is 1.41. The third-order valence-corrected chi connectivity index (χ3v) is 1.88. The van der Waals surface area contributed by atoms with Crippen LogP contribution in [0.1, 0.15) is 5.69 Å². The maximum Gasteiger partial charge on any atom is 0.186 e. The summed E-state index contributed by atoms with van der Waals surface area (Å²) in [6, 6.07) is 0. The molecule has 0 radical (unpaired) electrons. The number of aliphatic hydroxyl groups excluding tert-OH is 1. The van der Waals surface area contributed by atoms with E-state index in [4.69, 9.17) is 16.7 Å². The molecule has 0 aromatic carbocycles. The summed E-state index contributed by atoms with van der Waals surface area (Å²) in [5, 5.41) is 16.0. The highest BCUT2D eigenvalue weighted by molar-refractivity contribution is 6.34. The van der Waals surface area contributed by atoms with Crippen LogP contribution in [0.4, 0.5) is 0 Å². The van der Waals surface area contributed by atoms with Crippen LogP contribution in [-0.2, 0) is 0 Å². The lowest BCUT2D eigenvalue weighted by atomic mass is 10.3. The smallest absolute Gasteiger partial charge is 0.186 e. The minimum Gasteiger partial charge on any atom is -0.384 e. The van der Waals surface area contributed by atoms with Crippen molar-refractivity contribution >= 4 is 22.6 Å². The molecule has 70 valence electrons. The molecule has 0 fully saturated rings. The van der Waals surface area contributed by atoms with Gasteiger partial charge in [-0.1, -0.05) is 17.5 Å². The zero-order valence-electron chi connectivity index (χ0n) is 6.95. The van der Waals surface area contributed by atoms with Gasteiger partial charge in [-0.3, -0.25) is 5.10 Å². The van der Waals surface area contributed by atoms with Gasteiger partial charge in [0, 0.05) is 0 Å². The average molecular weight is 209 g/mol. The summed E-state index contributed by atoms with van der Waals surface area (Å²) in [4.78, 5) is 7.71. The van der Waals surface area contributed by atoms with Crippen LogP contribution >= 0.6 is 11.6 Å². The first-order valence-electron chi connectivity index (χ1n) is 3.77. The molecule has 2 aromatic rings. The Labute approximate surface area is 84.1 Å². The van der Waals surface area contributed by atoms with Crippen LogP contribution in [-0.4, -0.2) is 31.9 Å². The van der Waals surface area contributed by atoms with Gasteiger partial charge in [-0.05, 0) is 5.92 Å². The van der Waals surface area contributed by atoms with Crippen LogP contribution in [0.15, 0.2) is 6.33 Å². The number of hydrogen-bond donors (Lipinski definition) is 2. The summed E-state index contributed by atoms with van der Waals surface area (Å²) in [6.07, 6.45) is 1.33. The van der Waals surface area contributed by atoms with E-state index in [1.807, 2.05) is 0 Å². The number of rotatable bonds is 0. The van der Waals surface area contributed by atoms with Crippen LogP contribution in [0.2, 0.25) is 5.15 Å². The largest absolute Gasteiger partial charge is 0.384 e. The van der Waals surface area contributed by atoms with Crippen molar-refractivity contribution in [1.82, 2.24) is 20.2 Å². The number of H-pyrrole nitrogens is 1. The van der Waals surface area contributed by atoms with Crippen molar-refractivity contribution in [2.75, 3.05) is 6.61 Å². The van der Waals surface area contributed by atoms with Crippen molar-refractivity contribution in [2.24, 2.45) is 0 Å². The maximum atomic E-state index is 8.53. The Bertz CT molecular complexity index is 525. The van der Waals surface area contributed by atoms with Crippen molar-refractivity contribution in [1.29, 1.82) is 0 Å². The molecule has 0 amide bonds. The predicted molar refractivity (Wildman–Crippen MR) is 50.7 cm³/mol. The summed E-state index contributed by atoms with van der Waals surface area (Å²) in [5.41, 5.74) is 0.979. The van der Waals surface area contributed by atoms with Crippen molar-refractivity contribution < 1.29 is 5.11 Å². The van der Waals surface area contributed by atoms with Crippen molar-refractivity contribution in [3.8, 4) is 11.8 Å². The number of halogens is 1. The quantitative estimate of drug-likeness (QED) is 0.484. The molecule has 0 aliphatic rings. The normalized spacial score (nSPS) is 9.86. The van der Waals surface area contributed by atoms with Gasteiger partial charge in [-0.15, -0.1) is 0 Å². The number of hydrogen-bond acceptors (Lipinski definition) is 4. The number of aromatic nitrogens is 4. The van der Waals surface area contributed by atoms with Gasteiger partial charge in [0.1, 0.15) is 23.8 Å². The zero-order valence-corrected chi connectivity index (χ0v) is 7.71. The second kappa shape index (κ2) is 3.62. The minimum atomic E-state index is -0.216. The standard InChI is InChI=1S/C8H5ClN4O/c9-7-6-5(2-1-3-14)12-13-8(6)11-4-10-7/h4,14H,3H2,(H,10,11,12,13). The molecule has 0 spiro atoms. The van der Waals surface area contributed by atoms with E-state index in [0.717, 1.165) is 0 Å². The molecular weight excluding hydrogens is 204 g/mol. The average Bonchev–Trinajstić information content (AvgIpc) is 2.59. The van der Waals surface area contributed by atoms with Crippen LogP contribution in [0.3, 0.4) is 0 Å². The number of fused-ring (bicyclic) bond motifs is 1. The monoisotopic (exact) mass is 208 g/mol. The molecule has 2 N–H and O–H groups in total. The third-order valence-electron chi connectivity index (χ3n) is 1.60. The van der Waals surface area contributed by atoms with Gasteiger partial charge in [-0.25, -0.2) is 9.97 Å². The lowest BCUT2D eigenvalue weighted by molar-refractivity contribution is 0.350. The van der Waals surface area contributed by atoms with E-state index in [-0.39, 0.29) is 6.61 Å². The van der Waals surface area contributed by atoms with E-state index < -0.39 is 0 Å². The van der Waals surface area contributed by atoms with Crippen LogP contribution in [0.5, 0.6) is 0 Å². The highest BCUT2D eigenvalue weighted by Gasteiger charge is 2.08. The number of nitrogens with one attached hydrogen (secondary N) is 1. The van der Waals surface area contributed by atoms with Crippen LogP contribution in [0, 0.1) is 11.8 Å². The fourth-order valence-corrected chi connectivity index (χ4v) is 1.26. The molecule has 2 heterocycles.